The van der Waals surface area contributed by atoms with Crippen molar-refractivity contribution in [2.45, 2.75) is 88.0 Å². The number of sulfonamides is 1. The van der Waals surface area contributed by atoms with Gasteiger partial charge in [-0.3, -0.25) is 0 Å². The molecule has 12 heteroatoms. The lowest BCUT2D eigenvalue weighted by atomic mass is 9.79. The fraction of sp³-hybridized carbons (Fsp3) is 0.611. The molecule has 0 spiro atoms. The zero-order valence-corrected chi connectivity index (χ0v) is 29.8. The highest BCUT2D eigenvalue weighted by atomic mass is 32.2. The van der Waals surface area contributed by atoms with Gasteiger partial charge in [-0.2, -0.15) is 0 Å². The van der Waals surface area contributed by atoms with Gasteiger partial charge in [-0.05, 0) is 75.8 Å². The summed E-state index contributed by atoms with van der Waals surface area (Å²) in [6.07, 6.45) is 2.37. The molecule has 4 atom stereocenters. The molecule has 2 aromatic carbocycles. The van der Waals surface area contributed by atoms with Gasteiger partial charge in [-0.1, -0.05) is 49.4 Å². The quantitative estimate of drug-likeness (QED) is 0.352. The molecule has 1 unspecified atom stereocenters. The molecule has 0 bridgehead atoms. The van der Waals surface area contributed by atoms with Gasteiger partial charge in [-0.15, -0.1) is 0 Å². The fourth-order valence-electron chi connectivity index (χ4n) is 7.08. The molecular weight excluding hydrogens is 632 g/mol. The molecule has 264 valence electrons. The summed E-state index contributed by atoms with van der Waals surface area (Å²) in [6, 6.07) is 16.9. The monoisotopic (exact) mass is 684 g/mol. The molecule has 0 saturated carbocycles. The predicted molar refractivity (Wildman–Crippen MR) is 183 cm³/mol. The zero-order chi connectivity index (χ0) is 34.5. The minimum atomic E-state index is -3.78. The van der Waals surface area contributed by atoms with Crippen molar-refractivity contribution in [3.8, 4) is 0 Å². The topological polar surface area (TPSA) is 118 Å². The third-order valence-corrected chi connectivity index (χ3v) is 11.6. The molecule has 3 aliphatic rings. The van der Waals surface area contributed by atoms with Crippen molar-refractivity contribution >= 4 is 22.2 Å². The Kier molecular flexibility index (Phi) is 11.4. The molecule has 3 aliphatic heterocycles. The lowest BCUT2D eigenvalue weighted by Gasteiger charge is -2.40. The number of hydrogen-bond donors (Lipinski definition) is 1. The van der Waals surface area contributed by atoms with Gasteiger partial charge in [-0.25, -0.2) is 22.3 Å². The Morgan fingerprint density at radius 3 is 2.40 bits per heavy atom. The molecule has 0 aliphatic carbocycles. The second-order valence-electron chi connectivity index (χ2n) is 14.7. The minimum Gasteiger partial charge on any atom is -0.444 e. The maximum atomic E-state index is 13.8. The van der Waals surface area contributed by atoms with Crippen LogP contribution < -0.4 is 5.32 Å². The summed E-state index contributed by atoms with van der Waals surface area (Å²) in [5, 5.41) is 2.72. The summed E-state index contributed by atoms with van der Waals surface area (Å²) in [5.74, 6) is 0.406. The first-order valence-electron chi connectivity index (χ1n) is 17.1. The molecule has 11 nitrogen and oxygen atoms in total. The number of piperidine rings is 1. The predicted octanol–water partition coefficient (Wildman–Crippen LogP) is 5.00. The normalized spacial score (nSPS) is 23.0. The van der Waals surface area contributed by atoms with Crippen molar-refractivity contribution in [1.29, 1.82) is 0 Å². The van der Waals surface area contributed by atoms with Crippen molar-refractivity contribution in [2.24, 2.45) is 5.92 Å². The van der Waals surface area contributed by atoms with Gasteiger partial charge < -0.3 is 29.3 Å². The van der Waals surface area contributed by atoms with E-state index in [2.05, 4.69) is 29.3 Å². The van der Waals surface area contributed by atoms with Crippen LogP contribution in [0, 0.1) is 5.92 Å². The van der Waals surface area contributed by atoms with E-state index in [1.807, 2.05) is 43.9 Å². The Bertz CT molecular complexity index is 1490. The number of rotatable bonds is 11. The standard InChI is InChI=1S/C36H52N4O7S/c1-35(2,3)47-34(42)40-20-15-28-24-39(19-16-32(28)40)21-18-36(4,29-9-7-6-8-10-29)26-38(5)48(43,44)31-13-11-27(12-14-31)23-37-33(41)46-30-17-22-45-25-30/h6-14,28,30,32H,15-26H2,1-5H3,(H,37,41)/t28-,30-,32?,36-/m1/s1. The Balaban J connectivity index is 1.19. The Morgan fingerprint density at radius 2 is 1.73 bits per heavy atom. The van der Waals surface area contributed by atoms with Crippen LogP contribution in [-0.2, 0) is 36.2 Å². The van der Waals surface area contributed by atoms with Gasteiger partial charge in [0.15, 0.2) is 0 Å². The van der Waals surface area contributed by atoms with E-state index in [9.17, 15) is 18.0 Å². The summed E-state index contributed by atoms with van der Waals surface area (Å²) in [7, 11) is -2.14. The molecule has 3 heterocycles. The summed E-state index contributed by atoms with van der Waals surface area (Å²) < 4.78 is 45.3. The van der Waals surface area contributed by atoms with Crippen molar-refractivity contribution in [2.75, 3.05) is 53.0 Å². The highest BCUT2D eigenvalue weighted by Crippen LogP contribution is 2.35. The van der Waals surface area contributed by atoms with Crippen molar-refractivity contribution < 1.29 is 32.2 Å². The second kappa shape index (κ2) is 15.1. The molecule has 3 saturated heterocycles. The number of likely N-dealkylation sites (N-methyl/N-ethyl adjacent to an activating group) is 1. The lowest BCUT2D eigenvalue weighted by molar-refractivity contribution is 0.0139. The van der Waals surface area contributed by atoms with Crippen LogP contribution in [0.4, 0.5) is 9.59 Å². The van der Waals surface area contributed by atoms with Crippen molar-refractivity contribution in [3.05, 3.63) is 65.7 Å². The average molecular weight is 685 g/mol. The molecule has 0 radical (unpaired) electrons. The molecule has 2 aromatic rings. The number of ether oxygens (including phenoxy) is 3. The third-order valence-electron chi connectivity index (χ3n) is 9.80. The minimum absolute atomic E-state index is 0.202. The Morgan fingerprint density at radius 1 is 1.00 bits per heavy atom. The molecule has 3 fully saturated rings. The number of likely N-dealkylation sites (tertiary alicyclic amines) is 2. The van der Waals surface area contributed by atoms with Crippen LogP contribution in [0.5, 0.6) is 0 Å². The first-order valence-corrected chi connectivity index (χ1v) is 18.5. The molecular formula is C36H52N4O7S. The average Bonchev–Trinajstić information content (AvgIpc) is 3.72. The number of fused-ring (bicyclic) bond motifs is 1. The number of benzene rings is 2. The maximum absolute atomic E-state index is 13.8. The summed E-state index contributed by atoms with van der Waals surface area (Å²) >= 11 is 0. The molecule has 5 rings (SSSR count). The van der Waals surface area contributed by atoms with Crippen LogP contribution in [0.2, 0.25) is 0 Å². The summed E-state index contributed by atoms with van der Waals surface area (Å²) in [5.41, 5.74) is 0.913. The zero-order valence-electron chi connectivity index (χ0n) is 29.0. The number of carbonyl (C=O) groups is 2. The van der Waals surface area contributed by atoms with Gasteiger partial charge in [0.2, 0.25) is 10.0 Å². The first-order chi connectivity index (χ1) is 22.7. The van der Waals surface area contributed by atoms with Crippen LogP contribution in [0.25, 0.3) is 0 Å². The van der Waals surface area contributed by atoms with E-state index in [1.165, 1.54) is 4.31 Å². The van der Waals surface area contributed by atoms with Gasteiger partial charge in [0.25, 0.3) is 0 Å². The summed E-state index contributed by atoms with van der Waals surface area (Å²) in [4.78, 5) is 29.5. The first kappa shape index (κ1) is 36.1. The van der Waals surface area contributed by atoms with Gasteiger partial charge in [0, 0.05) is 57.6 Å². The van der Waals surface area contributed by atoms with Gasteiger partial charge in [0.05, 0.1) is 18.1 Å². The fourth-order valence-corrected chi connectivity index (χ4v) is 8.37. The highest BCUT2D eigenvalue weighted by Gasteiger charge is 2.42. The van der Waals surface area contributed by atoms with E-state index in [4.69, 9.17) is 14.2 Å². The van der Waals surface area contributed by atoms with E-state index in [-0.39, 0.29) is 29.7 Å². The van der Waals surface area contributed by atoms with Crippen LogP contribution in [0.1, 0.15) is 64.5 Å². The van der Waals surface area contributed by atoms with Crippen molar-refractivity contribution in [3.63, 3.8) is 0 Å². The largest absolute Gasteiger partial charge is 0.444 e. The second-order valence-corrected chi connectivity index (χ2v) is 16.8. The third kappa shape index (κ3) is 9.07. The van der Waals surface area contributed by atoms with E-state index in [0.717, 1.165) is 56.6 Å². The number of carbonyl (C=O) groups excluding carboxylic acids is 2. The lowest BCUT2D eigenvalue weighted by Crippen LogP contribution is -2.49. The van der Waals surface area contributed by atoms with Crippen molar-refractivity contribution in [1.82, 2.24) is 19.4 Å². The Hall–Kier alpha value is -3.19. The van der Waals surface area contributed by atoms with E-state index in [0.29, 0.717) is 32.1 Å². The van der Waals surface area contributed by atoms with E-state index >= 15 is 0 Å². The van der Waals surface area contributed by atoms with Crippen LogP contribution in [-0.4, -0.2) is 105 Å². The van der Waals surface area contributed by atoms with Crippen LogP contribution >= 0.6 is 0 Å². The molecule has 2 amide bonds. The number of nitrogens with one attached hydrogen (secondary N) is 1. The Labute approximate surface area is 285 Å². The number of alkyl carbamates (subject to hydrolysis) is 1. The van der Waals surface area contributed by atoms with Crippen LogP contribution in [0.3, 0.4) is 0 Å². The van der Waals surface area contributed by atoms with E-state index in [1.54, 1.807) is 31.3 Å². The number of amides is 2. The molecule has 0 aromatic heterocycles. The molecule has 1 N–H and O–H groups in total. The van der Waals surface area contributed by atoms with E-state index < -0.39 is 27.1 Å². The number of hydrogen-bond acceptors (Lipinski definition) is 8. The SMILES string of the molecule is CN(C[C@@](C)(CCN1CCC2[C@H](CCN2C(=O)OC(C)(C)C)C1)c1ccccc1)S(=O)(=O)c1ccc(CNC(=O)O[C@@H]2CCOC2)cc1. The number of nitrogens with zero attached hydrogens (tertiary/aromatic N) is 3. The smallest absolute Gasteiger partial charge is 0.410 e. The highest BCUT2D eigenvalue weighted by molar-refractivity contribution is 7.89. The summed E-state index contributed by atoms with van der Waals surface area (Å²) in [6.45, 7) is 12.7. The molecule has 48 heavy (non-hydrogen) atoms. The van der Waals surface area contributed by atoms with Gasteiger partial charge in [0.1, 0.15) is 11.7 Å². The van der Waals surface area contributed by atoms with Gasteiger partial charge >= 0.3 is 12.2 Å². The van der Waals surface area contributed by atoms with Crippen LogP contribution in [0.15, 0.2) is 59.5 Å². The maximum Gasteiger partial charge on any atom is 0.410 e.